The summed E-state index contributed by atoms with van der Waals surface area (Å²) in [6, 6.07) is 2.10. The summed E-state index contributed by atoms with van der Waals surface area (Å²) in [6.07, 6.45) is 12.2. The van der Waals surface area contributed by atoms with Crippen LogP contribution in [0.3, 0.4) is 0 Å². The van der Waals surface area contributed by atoms with Crippen LogP contribution in [0, 0.1) is 17.3 Å². The van der Waals surface area contributed by atoms with Crippen LogP contribution in [-0.2, 0) is 19.1 Å². The molecule has 0 bridgehead atoms. The van der Waals surface area contributed by atoms with Gasteiger partial charge in [-0.15, -0.1) is 23.7 Å². The van der Waals surface area contributed by atoms with E-state index in [2.05, 4.69) is 31.0 Å². The number of likely N-dealkylation sites (tertiary alicyclic amines) is 1. The molecule has 224 valence electrons. The molecule has 0 atom stereocenters. The van der Waals surface area contributed by atoms with Crippen LogP contribution in [-0.4, -0.2) is 55.7 Å². The number of piperidine rings is 1. The van der Waals surface area contributed by atoms with Gasteiger partial charge in [0.05, 0.1) is 11.1 Å². The van der Waals surface area contributed by atoms with E-state index in [-0.39, 0.29) is 30.3 Å². The molecule has 40 heavy (non-hydrogen) atoms. The number of carbonyl (C=O) groups excluding carboxylic acids is 3. The lowest BCUT2D eigenvalue weighted by Crippen LogP contribution is -2.49. The van der Waals surface area contributed by atoms with Crippen molar-refractivity contribution in [3.8, 4) is 0 Å². The van der Waals surface area contributed by atoms with Crippen LogP contribution < -0.4 is 4.90 Å². The number of esters is 2. The van der Waals surface area contributed by atoms with E-state index in [1.165, 1.54) is 23.3 Å². The van der Waals surface area contributed by atoms with Crippen LogP contribution in [0.2, 0.25) is 0 Å². The number of ether oxygens (including phenoxy) is 2. The fourth-order valence-corrected chi connectivity index (χ4v) is 6.91. The lowest BCUT2D eigenvalue weighted by atomic mass is 9.82. The number of hydrogen-bond acceptors (Lipinski definition) is 7. The molecule has 1 saturated heterocycles. The Kier molecular flexibility index (Phi) is 11.7. The third-order valence-corrected chi connectivity index (χ3v) is 9.59. The zero-order chi connectivity index (χ0) is 28.2. The predicted octanol–water partition coefficient (Wildman–Crippen LogP) is 7.08. The van der Waals surface area contributed by atoms with Gasteiger partial charge >= 0.3 is 11.9 Å². The molecule has 4 rings (SSSR count). The van der Waals surface area contributed by atoms with Crippen molar-refractivity contribution in [3.63, 3.8) is 0 Å². The third kappa shape index (κ3) is 8.10. The van der Waals surface area contributed by atoms with E-state index >= 15 is 0 Å². The van der Waals surface area contributed by atoms with Crippen molar-refractivity contribution in [1.82, 2.24) is 4.90 Å². The molecule has 0 spiro atoms. The van der Waals surface area contributed by atoms with Gasteiger partial charge in [0, 0.05) is 16.8 Å². The Hall–Kier alpha value is -1.90. The van der Waals surface area contributed by atoms with Gasteiger partial charge < -0.3 is 19.3 Å². The average Bonchev–Trinajstić information content (AvgIpc) is 3.35. The summed E-state index contributed by atoms with van der Waals surface area (Å²) < 4.78 is 10.7. The number of thiophene rings is 1. The van der Waals surface area contributed by atoms with Gasteiger partial charge in [-0.1, -0.05) is 13.0 Å². The van der Waals surface area contributed by atoms with Gasteiger partial charge in [-0.25, -0.2) is 4.79 Å². The number of allylic oxidation sites excluding steroid dienone is 2. The maximum Gasteiger partial charge on any atom is 0.353 e. The van der Waals surface area contributed by atoms with Crippen LogP contribution >= 0.6 is 23.7 Å². The summed E-state index contributed by atoms with van der Waals surface area (Å²) in [6.45, 7) is 8.94. The zero-order valence-corrected chi connectivity index (χ0v) is 26.5. The number of anilines is 1. The minimum Gasteiger partial charge on any atom is -0.427 e. The maximum absolute atomic E-state index is 14.2. The molecule has 0 radical (unpaired) electrons. The van der Waals surface area contributed by atoms with Crippen LogP contribution in [0.5, 0.6) is 0 Å². The molecular weight excluding hydrogens is 548 g/mol. The first-order valence-corrected chi connectivity index (χ1v) is 15.6. The Morgan fingerprint density at radius 3 is 2.30 bits per heavy atom. The molecule has 1 aliphatic heterocycles. The monoisotopic (exact) mass is 594 g/mol. The van der Waals surface area contributed by atoms with Gasteiger partial charge in [-0.2, -0.15) is 0 Å². The highest BCUT2D eigenvalue weighted by atomic mass is 35.5. The molecule has 2 fully saturated rings. The summed E-state index contributed by atoms with van der Waals surface area (Å²) in [5.41, 5.74) is 1.23. The maximum atomic E-state index is 14.2. The second-order valence-electron chi connectivity index (χ2n) is 12.7. The van der Waals surface area contributed by atoms with Crippen molar-refractivity contribution in [2.75, 3.05) is 31.8 Å². The van der Waals surface area contributed by atoms with Crippen molar-refractivity contribution in [1.29, 1.82) is 0 Å². The molecular formula is C31H47ClN2O5S. The Balaban J connectivity index is 0.00000441. The van der Waals surface area contributed by atoms with Crippen LogP contribution in [0.4, 0.5) is 5.69 Å². The molecule has 0 N–H and O–H groups in total. The van der Waals surface area contributed by atoms with E-state index < -0.39 is 24.1 Å². The minimum absolute atomic E-state index is 0. The first-order valence-electron chi connectivity index (χ1n) is 14.7. The van der Waals surface area contributed by atoms with Crippen molar-refractivity contribution in [2.45, 2.75) is 97.9 Å². The van der Waals surface area contributed by atoms with E-state index in [1.807, 2.05) is 4.90 Å². The second kappa shape index (κ2) is 14.3. The highest BCUT2D eigenvalue weighted by Gasteiger charge is 2.37. The molecule has 2 heterocycles. The van der Waals surface area contributed by atoms with Crippen molar-refractivity contribution in [3.05, 3.63) is 21.9 Å². The Morgan fingerprint density at radius 2 is 1.70 bits per heavy atom. The van der Waals surface area contributed by atoms with Gasteiger partial charge in [0.15, 0.2) is 0 Å². The van der Waals surface area contributed by atoms with Crippen LogP contribution in [0.15, 0.2) is 12.1 Å². The zero-order valence-electron chi connectivity index (χ0n) is 24.8. The Bertz CT molecular complexity index is 1060. The number of carbonyl (C=O) groups is 3. The number of rotatable bonds is 7. The summed E-state index contributed by atoms with van der Waals surface area (Å²) in [4.78, 5) is 45.7. The van der Waals surface area contributed by atoms with E-state index in [9.17, 15) is 14.4 Å². The standard InChI is InChI=1S/C31H46N2O5S.ClH/c1-21-11-13-23(14-12-21)28(34)33(24-15-17-32(5)18-16-24)25-19-26(22-9-7-6-8-10-22)39-27(25)29(35)37-20-38-30(36)31(2,3)4;/h9,19,21,23-24H,6-8,10-18,20H2,1-5H3;1H/t21-,23-;. The first kappa shape index (κ1) is 32.6. The Labute approximate surface area is 250 Å². The number of halogens is 1. The molecule has 1 saturated carbocycles. The number of hydrogen-bond donors (Lipinski definition) is 0. The van der Waals surface area contributed by atoms with Crippen LogP contribution in [0.1, 0.15) is 106 Å². The molecule has 0 unspecified atom stereocenters. The van der Waals surface area contributed by atoms with E-state index in [0.29, 0.717) is 16.5 Å². The predicted molar refractivity (Wildman–Crippen MR) is 163 cm³/mol. The molecule has 9 heteroatoms. The van der Waals surface area contributed by atoms with Crippen molar-refractivity contribution in [2.24, 2.45) is 17.3 Å². The molecule has 1 amide bonds. The highest BCUT2D eigenvalue weighted by molar-refractivity contribution is 7.15. The largest absolute Gasteiger partial charge is 0.427 e. The first-order chi connectivity index (χ1) is 18.5. The van der Waals surface area contributed by atoms with Gasteiger partial charge in [-0.3, -0.25) is 9.59 Å². The summed E-state index contributed by atoms with van der Waals surface area (Å²) >= 11 is 1.41. The third-order valence-electron chi connectivity index (χ3n) is 8.41. The fraction of sp³-hybridized carbons (Fsp3) is 0.710. The van der Waals surface area contributed by atoms with Gasteiger partial charge in [-0.05, 0) is 123 Å². The number of amides is 1. The lowest BCUT2D eigenvalue weighted by molar-refractivity contribution is -0.161. The summed E-state index contributed by atoms with van der Waals surface area (Å²) in [7, 11) is 2.12. The minimum atomic E-state index is -0.685. The molecule has 0 aromatic carbocycles. The highest BCUT2D eigenvalue weighted by Crippen LogP contribution is 2.41. The molecule has 1 aromatic rings. The fourth-order valence-electron chi connectivity index (χ4n) is 5.80. The number of nitrogens with zero attached hydrogens (tertiary/aromatic N) is 2. The average molecular weight is 595 g/mol. The SMILES string of the molecule is CN1CCC(N(c2cc(C3=CCCCC3)sc2C(=O)OCOC(=O)C(C)(C)C)C(=O)[C@H]2CC[C@H](C)CC2)CC1.Cl. The van der Waals surface area contributed by atoms with E-state index in [1.54, 1.807) is 20.8 Å². The van der Waals surface area contributed by atoms with Crippen molar-refractivity contribution >= 4 is 52.9 Å². The Morgan fingerprint density at radius 1 is 1.02 bits per heavy atom. The van der Waals surface area contributed by atoms with E-state index in [4.69, 9.17) is 9.47 Å². The molecule has 2 aliphatic carbocycles. The molecule has 7 nitrogen and oxygen atoms in total. The lowest BCUT2D eigenvalue weighted by Gasteiger charge is -2.40. The summed E-state index contributed by atoms with van der Waals surface area (Å²) in [5, 5.41) is 0. The topological polar surface area (TPSA) is 76.2 Å². The van der Waals surface area contributed by atoms with Crippen molar-refractivity contribution < 1.29 is 23.9 Å². The smallest absolute Gasteiger partial charge is 0.353 e. The van der Waals surface area contributed by atoms with Gasteiger partial charge in [0.1, 0.15) is 4.88 Å². The van der Waals surface area contributed by atoms with E-state index in [0.717, 1.165) is 75.8 Å². The van der Waals surface area contributed by atoms with Gasteiger partial charge in [0.2, 0.25) is 12.7 Å². The molecule has 3 aliphatic rings. The normalized spacial score (nSPS) is 22.6. The van der Waals surface area contributed by atoms with Gasteiger partial charge in [0.25, 0.3) is 0 Å². The quantitative estimate of drug-likeness (QED) is 0.248. The molecule has 1 aromatic heterocycles. The van der Waals surface area contributed by atoms with Crippen LogP contribution in [0.25, 0.3) is 5.57 Å². The summed E-state index contributed by atoms with van der Waals surface area (Å²) in [5.74, 6) is -0.189. The second-order valence-corrected chi connectivity index (χ2v) is 13.8.